The summed E-state index contributed by atoms with van der Waals surface area (Å²) < 4.78 is 10.2. The number of hydrogen-bond donors (Lipinski definition) is 3. The summed E-state index contributed by atoms with van der Waals surface area (Å²) in [6.45, 7) is 6.49. The molecule has 0 radical (unpaired) electrons. The van der Waals surface area contributed by atoms with E-state index in [9.17, 15) is 9.90 Å². The van der Waals surface area contributed by atoms with Gasteiger partial charge in [-0.1, -0.05) is 12.1 Å². The van der Waals surface area contributed by atoms with Crippen LogP contribution in [0.25, 0.3) is 0 Å². The van der Waals surface area contributed by atoms with Gasteiger partial charge in [0.05, 0.1) is 13.2 Å². The number of hydrogen-bond acceptors (Lipinski definition) is 5. The minimum atomic E-state index is -0.682. The van der Waals surface area contributed by atoms with E-state index in [1.165, 1.54) is 0 Å². The van der Waals surface area contributed by atoms with Gasteiger partial charge in [-0.15, -0.1) is 0 Å². The first-order chi connectivity index (χ1) is 10.3. The summed E-state index contributed by atoms with van der Waals surface area (Å²) in [4.78, 5) is 11.5. The van der Waals surface area contributed by atoms with Gasteiger partial charge >= 0.3 is 6.09 Å². The molecule has 0 aromatic heterocycles. The number of aliphatic hydroxyl groups excluding tert-OH is 1. The highest BCUT2D eigenvalue weighted by molar-refractivity contribution is 5.67. The van der Waals surface area contributed by atoms with Crippen molar-refractivity contribution in [2.24, 2.45) is 0 Å². The Balaban J connectivity index is 2.23. The molecule has 0 aliphatic heterocycles. The molecule has 22 heavy (non-hydrogen) atoms. The maximum Gasteiger partial charge on any atom is 0.407 e. The quantitative estimate of drug-likeness (QED) is 0.714. The third kappa shape index (κ3) is 7.85. The number of carbonyl (C=O) groups is 1. The molecule has 1 aromatic carbocycles. The van der Waals surface area contributed by atoms with Gasteiger partial charge in [0.15, 0.2) is 0 Å². The molecular formula is C16H26N2O4. The minimum absolute atomic E-state index is 0.139. The molecule has 3 N–H and O–H groups in total. The predicted octanol–water partition coefficient (Wildman–Crippen LogP) is 1.67. The largest absolute Gasteiger partial charge is 0.497 e. The number of carbonyl (C=O) groups excluding carboxylic acids is 1. The molecular weight excluding hydrogens is 284 g/mol. The number of nitrogens with one attached hydrogen (secondary N) is 2. The smallest absolute Gasteiger partial charge is 0.407 e. The normalized spacial score (nSPS) is 12.6. The summed E-state index contributed by atoms with van der Waals surface area (Å²) in [7, 11) is 1.62. The summed E-state index contributed by atoms with van der Waals surface area (Å²) in [6, 6.07) is 7.69. The van der Waals surface area contributed by atoms with Crippen LogP contribution in [0.2, 0.25) is 0 Å². The van der Waals surface area contributed by atoms with Gasteiger partial charge in [0.2, 0.25) is 0 Å². The van der Waals surface area contributed by atoms with E-state index in [4.69, 9.17) is 9.47 Å². The van der Waals surface area contributed by atoms with Crippen LogP contribution < -0.4 is 15.4 Å². The average Bonchev–Trinajstić information content (AvgIpc) is 2.43. The van der Waals surface area contributed by atoms with E-state index in [1.807, 2.05) is 24.3 Å². The van der Waals surface area contributed by atoms with Gasteiger partial charge in [0.1, 0.15) is 11.4 Å². The fourth-order valence-corrected chi connectivity index (χ4v) is 1.75. The van der Waals surface area contributed by atoms with Gasteiger partial charge in [0, 0.05) is 19.6 Å². The number of rotatable bonds is 7. The number of alkyl carbamates (subject to hydrolysis) is 1. The summed E-state index contributed by atoms with van der Waals surface area (Å²) in [5, 5.41) is 15.5. The van der Waals surface area contributed by atoms with E-state index in [1.54, 1.807) is 27.9 Å². The van der Waals surface area contributed by atoms with E-state index in [0.29, 0.717) is 13.1 Å². The molecule has 1 amide bonds. The molecule has 124 valence electrons. The molecule has 1 atom stereocenters. The number of aliphatic hydroxyl groups is 1. The first-order valence-electron chi connectivity index (χ1n) is 7.29. The highest BCUT2D eigenvalue weighted by atomic mass is 16.6. The third-order valence-electron chi connectivity index (χ3n) is 2.72. The summed E-state index contributed by atoms with van der Waals surface area (Å²) in [5.74, 6) is 0.798. The average molecular weight is 310 g/mol. The molecule has 0 aliphatic carbocycles. The molecule has 6 heteroatoms. The van der Waals surface area contributed by atoms with Crippen molar-refractivity contribution in [3.63, 3.8) is 0 Å². The van der Waals surface area contributed by atoms with Crippen LogP contribution in [0.1, 0.15) is 26.3 Å². The van der Waals surface area contributed by atoms with Gasteiger partial charge in [-0.2, -0.15) is 0 Å². The SMILES string of the molecule is COc1cccc(CNCC(O)CNC(=O)OC(C)(C)C)c1. The van der Waals surface area contributed by atoms with Crippen LogP contribution in [0.15, 0.2) is 24.3 Å². The van der Waals surface area contributed by atoms with Crippen LogP contribution in [-0.2, 0) is 11.3 Å². The first kappa shape index (κ1) is 18.3. The summed E-state index contributed by atoms with van der Waals surface area (Å²) in [6.07, 6.45) is -1.21. The van der Waals surface area contributed by atoms with E-state index in [2.05, 4.69) is 10.6 Å². The van der Waals surface area contributed by atoms with Crippen molar-refractivity contribution in [3.05, 3.63) is 29.8 Å². The molecule has 0 fully saturated rings. The standard InChI is InChI=1S/C16H26N2O4/c1-16(2,3)22-15(20)18-11-13(19)10-17-9-12-6-5-7-14(8-12)21-4/h5-8,13,17,19H,9-11H2,1-4H3,(H,18,20). The van der Waals surface area contributed by atoms with Crippen molar-refractivity contribution in [3.8, 4) is 5.75 Å². The molecule has 0 aliphatic rings. The lowest BCUT2D eigenvalue weighted by molar-refractivity contribution is 0.0492. The maximum absolute atomic E-state index is 11.5. The van der Waals surface area contributed by atoms with Crippen LogP contribution in [0, 0.1) is 0 Å². The van der Waals surface area contributed by atoms with Crippen molar-refractivity contribution >= 4 is 6.09 Å². The topological polar surface area (TPSA) is 79.8 Å². The Morgan fingerprint density at radius 1 is 1.32 bits per heavy atom. The van der Waals surface area contributed by atoms with Crippen LogP contribution in [0.3, 0.4) is 0 Å². The molecule has 1 unspecified atom stereocenters. The van der Waals surface area contributed by atoms with E-state index < -0.39 is 17.8 Å². The molecule has 0 bridgehead atoms. The lowest BCUT2D eigenvalue weighted by atomic mass is 10.2. The van der Waals surface area contributed by atoms with E-state index >= 15 is 0 Å². The molecule has 0 heterocycles. The monoisotopic (exact) mass is 310 g/mol. The van der Waals surface area contributed by atoms with Crippen molar-refractivity contribution in [1.82, 2.24) is 10.6 Å². The van der Waals surface area contributed by atoms with Gasteiger partial charge < -0.3 is 25.2 Å². The fourth-order valence-electron chi connectivity index (χ4n) is 1.75. The second-order valence-corrected chi connectivity index (χ2v) is 6.02. The number of methoxy groups -OCH3 is 1. The fraction of sp³-hybridized carbons (Fsp3) is 0.562. The zero-order valence-electron chi connectivity index (χ0n) is 13.7. The molecule has 0 saturated heterocycles. The van der Waals surface area contributed by atoms with Crippen molar-refractivity contribution in [2.45, 2.75) is 39.0 Å². The molecule has 0 saturated carbocycles. The van der Waals surface area contributed by atoms with Crippen molar-refractivity contribution in [2.75, 3.05) is 20.2 Å². The Bertz CT molecular complexity index is 471. The van der Waals surface area contributed by atoms with Gasteiger partial charge in [-0.3, -0.25) is 0 Å². The van der Waals surface area contributed by atoms with Gasteiger partial charge in [-0.25, -0.2) is 4.79 Å². The Morgan fingerprint density at radius 3 is 2.68 bits per heavy atom. The maximum atomic E-state index is 11.5. The number of ether oxygens (including phenoxy) is 2. The second-order valence-electron chi connectivity index (χ2n) is 6.02. The summed E-state index contributed by atoms with van der Waals surface area (Å²) in [5.41, 5.74) is 0.520. The Morgan fingerprint density at radius 2 is 2.05 bits per heavy atom. The third-order valence-corrected chi connectivity index (χ3v) is 2.72. The Labute approximate surface area is 131 Å². The first-order valence-corrected chi connectivity index (χ1v) is 7.29. The number of amides is 1. The van der Waals surface area contributed by atoms with Crippen LogP contribution in [0.5, 0.6) is 5.75 Å². The van der Waals surface area contributed by atoms with E-state index in [0.717, 1.165) is 11.3 Å². The Hall–Kier alpha value is -1.79. The molecule has 0 spiro atoms. The zero-order chi connectivity index (χ0) is 16.6. The van der Waals surface area contributed by atoms with E-state index in [-0.39, 0.29) is 6.54 Å². The molecule has 1 aromatic rings. The lowest BCUT2D eigenvalue weighted by Crippen LogP contribution is -2.40. The van der Waals surface area contributed by atoms with Gasteiger partial charge in [-0.05, 0) is 38.5 Å². The van der Waals surface area contributed by atoms with Crippen molar-refractivity contribution in [1.29, 1.82) is 0 Å². The lowest BCUT2D eigenvalue weighted by Gasteiger charge is -2.20. The molecule has 6 nitrogen and oxygen atoms in total. The predicted molar refractivity (Wildman–Crippen MR) is 84.9 cm³/mol. The highest BCUT2D eigenvalue weighted by Crippen LogP contribution is 2.12. The van der Waals surface area contributed by atoms with Crippen molar-refractivity contribution < 1.29 is 19.4 Å². The van der Waals surface area contributed by atoms with Crippen LogP contribution in [0.4, 0.5) is 4.79 Å². The van der Waals surface area contributed by atoms with Crippen LogP contribution >= 0.6 is 0 Å². The van der Waals surface area contributed by atoms with Gasteiger partial charge in [0.25, 0.3) is 0 Å². The number of benzene rings is 1. The van der Waals surface area contributed by atoms with Crippen LogP contribution in [-0.4, -0.2) is 43.1 Å². The Kier molecular flexibility index (Phi) is 7.14. The zero-order valence-corrected chi connectivity index (χ0v) is 13.7. The molecule has 1 rings (SSSR count). The minimum Gasteiger partial charge on any atom is -0.497 e. The second kappa shape index (κ2) is 8.60. The summed E-state index contributed by atoms with van der Waals surface area (Å²) >= 11 is 0. The highest BCUT2D eigenvalue weighted by Gasteiger charge is 2.16.